The summed E-state index contributed by atoms with van der Waals surface area (Å²) in [6, 6.07) is 6.34. The zero-order chi connectivity index (χ0) is 13.7. The van der Waals surface area contributed by atoms with Gasteiger partial charge in [0.1, 0.15) is 5.75 Å². The van der Waals surface area contributed by atoms with E-state index in [1.807, 2.05) is 25.1 Å². The van der Waals surface area contributed by atoms with Gasteiger partial charge in [0.25, 0.3) is 0 Å². The molecule has 1 aliphatic rings. The number of benzene rings is 1. The molecule has 1 saturated carbocycles. The lowest BCUT2D eigenvalue weighted by Crippen LogP contribution is -2.37. The maximum Gasteiger partial charge on any atom is 0.224 e. The number of hydrogen-bond acceptors (Lipinski definition) is 2. The Hall–Kier alpha value is -1.51. The molecule has 0 heterocycles. The minimum absolute atomic E-state index is 0.123. The Kier molecular flexibility index (Phi) is 4.83. The van der Waals surface area contributed by atoms with Crippen molar-refractivity contribution in [1.82, 2.24) is 5.32 Å². The van der Waals surface area contributed by atoms with Crippen LogP contribution >= 0.6 is 0 Å². The molecule has 0 unspecified atom stereocenters. The third-order valence-corrected chi connectivity index (χ3v) is 3.81. The van der Waals surface area contributed by atoms with Gasteiger partial charge in [0.2, 0.25) is 5.91 Å². The lowest BCUT2D eigenvalue weighted by Gasteiger charge is -2.22. The molecule has 1 amide bonds. The third kappa shape index (κ3) is 3.98. The second-order valence-corrected chi connectivity index (χ2v) is 5.38. The topological polar surface area (TPSA) is 38.3 Å². The number of hydrogen-bond donors (Lipinski definition) is 1. The number of carbonyl (C=O) groups is 1. The Morgan fingerprint density at radius 2 is 2.05 bits per heavy atom. The van der Waals surface area contributed by atoms with Crippen LogP contribution in [0.1, 0.15) is 43.2 Å². The lowest BCUT2D eigenvalue weighted by atomic mass is 9.95. The average Bonchev–Trinajstić information content (AvgIpc) is 2.42. The summed E-state index contributed by atoms with van der Waals surface area (Å²) in [5.74, 6) is 0.973. The first-order valence-electron chi connectivity index (χ1n) is 7.12. The van der Waals surface area contributed by atoms with Crippen molar-refractivity contribution in [3.63, 3.8) is 0 Å². The van der Waals surface area contributed by atoms with Crippen molar-refractivity contribution >= 4 is 5.91 Å². The molecule has 3 heteroatoms. The molecule has 1 fully saturated rings. The van der Waals surface area contributed by atoms with Gasteiger partial charge in [0.05, 0.1) is 13.5 Å². The van der Waals surface area contributed by atoms with Crippen molar-refractivity contribution in [2.45, 2.75) is 51.5 Å². The van der Waals surface area contributed by atoms with Gasteiger partial charge in [-0.15, -0.1) is 0 Å². The molecule has 0 radical (unpaired) electrons. The number of aryl methyl sites for hydroxylation is 1. The average molecular weight is 261 g/mol. The maximum absolute atomic E-state index is 12.0. The Morgan fingerprint density at radius 1 is 1.32 bits per heavy atom. The standard InChI is InChI=1S/C16H23NO2/c1-12-8-9-13(10-15(12)19-2)11-16(18)17-14-6-4-3-5-7-14/h8-10,14H,3-7,11H2,1-2H3,(H,17,18). The smallest absolute Gasteiger partial charge is 0.224 e. The number of amides is 1. The first-order chi connectivity index (χ1) is 9.19. The summed E-state index contributed by atoms with van der Waals surface area (Å²) in [5, 5.41) is 3.14. The van der Waals surface area contributed by atoms with E-state index >= 15 is 0 Å². The highest BCUT2D eigenvalue weighted by Gasteiger charge is 2.15. The van der Waals surface area contributed by atoms with Crippen molar-refractivity contribution in [3.8, 4) is 5.75 Å². The fraction of sp³-hybridized carbons (Fsp3) is 0.562. The molecule has 0 bridgehead atoms. The van der Waals surface area contributed by atoms with E-state index in [2.05, 4.69) is 5.32 Å². The Bertz CT molecular complexity index is 436. The molecule has 19 heavy (non-hydrogen) atoms. The molecule has 0 aliphatic heterocycles. The van der Waals surface area contributed by atoms with Crippen LogP contribution in [0.25, 0.3) is 0 Å². The molecule has 1 N–H and O–H groups in total. The number of ether oxygens (including phenoxy) is 1. The minimum atomic E-state index is 0.123. The fourth-order valence-electron chi connectivity index (χ4n) is 2.69. The van der Waals surface area contributed by atoms with Gasteiger partial charge in [-0.05, 0) is 37.0 Å². The van der Waals surface area contributed by atoms with Crippen LogP contribution < -0.4 is 10.1 Å². The van der Waals surface area contributed by atoms with E-state index in [-0.39, 0.29) is 5.91 Å². The van der Waals surface area contributed by atoms with Gasteiger partial charge < -0.3 is 10.1 Å². The van der Waals surface area contributed by atoms with E-state index in [0.29, 0.717) is 12.5 Å². The summed E-state index contributed by atoms with van der Waals surface area (Å²) >= 11 is 0. The van der Waals surface area contributed by atoms with E-state index < -0.39 is 0 Å². The van der Waals surface area contributed by atoms with E-state index in [4.69, 9.17) is 4.74 Å². The molecular formula is C16H23NO2. The zero-order valence-electron chi connectivity index (χ0n) is 11.9. The normalized spacial score (nSPS) is 16.1. The fourth-order valence-corrected chi connectivity index (χ4v) is 2.69. The van der Waals surface area contributed by atoms with Crippen LogP contribution in [-0.2, 0) is 11.2 Å². The summed E-state index contributed by atoms with van der Waals surface area (Å²) in [5.41, 5.74) is 2.11. The third-order valence-electron chi connectivity index (χ3n) is 3.81. The van der Waals surface area contributed by atoms with Gasteiger partial charge >= 0.3 is 0 Å². The second kappa shape index (κ2) is 6.60. The number of nitrogens with one attached hydrogen (secondary N) is 1. The maximum atomic E-state index is 12.0. The highest BCUT2D eigenvalue weighted by Crippen LogP contribution is 2.20. The lowest BCUT2D eigenvalue weighted by molar-refractivity contribution is -0.121. The van der Waals surface area contributed by atoms with Gasteiger partial charge in [-0.1, -0.05) is 31.4 Å². The SMILES string of the molecule is COc1cc(CC(=O)NC2CCCCC2)ccc1C. The second-order valence-electron chi connectivity index (χ2n) is 5.38. The number of carbonyl (C=O) groups excluding carboxylic acids is 1. The highest BCUT2D eigenvalue weighted by atomic mass is 16.5. The molecule has 0 spiro atoms. The van der Waals surface area contributed by atoms with Crippen molar-refractivity contribution in [2.75, 3.05) is 7.11 Å². The largest absolute Gasteiger partial charge is 0.496 e. The van der Waals surface area contributed by atoms with Crippen LogP contribution in [0.2, 0.25) is 0 Å². The summed E-state index contributed by atoms with van der Waals surface area (Å²) < 4.78 is 5.29. The molecule has 1 aliphatic carbocycles. The summed E-state index contributed by atoms with van der Waals surface area (Å²) in [7, 11) is 1.66. The van der Waals surface area contributed by atoms with Crippen LogP contribution in [-0.4, -0.2) is 19.1 Å². The van der Waals surface area contributed by atoms with Gasteiger partial charge in [0, 0.05) is 6.04 Å². The molecule has 0 aromatic heterocycles. The highest BCUT2D eigenvalue weighted by molar-refractivity contribution is 5.79. The van der Waals surface area contributed by atoms with E-state index in [1.165, 1.54) is 19.3 Å². The van der Waals surface area contributed by atoms with E-state index in [0.717, 1.165) is 29.7 Å². The van der Waals surface area contributed by atoms with Crippen molar-refractivity contribution in [2.24, 2.45) is 0 Å². The predicted molar refractivity (Wildman–Crippen MR) is 76.5 cm³/mol. The van der Waals surface area contributed by atoms with Crippen LogP contribution in [0.15, 0.2) is 18.2 Å². The Balaban J connectivity index is 1.90. The zero-order valence-corrected chi connectivity index (χ0v) is 11.9. The summed E-state index contributed by atoms with van der Waals surface area (Å²) in [4.78, 5) is 12.0. The molecule has 0 saturated heterocycles. The summed E-state index contributed by atoms with van der Waals surface area (Å²) in [6.07, 6.45) is 6.48. The number of rotatable bonds is 4. The summed E-state index contributed by atoms with van der Waals surface area (Å²) in [6.45, 7) is 2.00. The molecule has 1 aromatic rings. The van der Waals surface area contributed by atoms with E-state index in [9.17, 15) is 4.79 Å². The van der Waals surface area contributed by atoms with Crippen LogP contribution in [0.4, 0.5) is 0 Å². The molecule has 104 valence electrons. The van der Waals surface area contributed by atoms with Gasteiger partial charge in [-0.25, -0.2) is 0 Å². The minimum Gasteiger partial charge on any atom is -0.496 e. The Morgan fingerprint density at radius 3 is 2.74 bits per heavy atom. The Labute approximate surface area is 115 Å². The van der Waals surface area contributed by atoms with E-state index in [1.54, 1.807) is 7.11 Å². The van der Waals surface area contributed by atoms with Gasteiger partial charge in [0.15, 0.2) is 0 Å². The predicted octanol–water partition coefficient (Wildman–Crippen LogP) is 3.00. The van der Waals surface area contributed by atoms with Crippen molar-refractivity contribution in [1.29, 1.82) is 0 Å². The quantitative estimate of drug-likeness (QED) is 0.905. The van der Waals surface area contributed by atoms with Crippen LogP contribution in [0.5, 0.6) is 5.75 Å². The molecular weight excluding hydrogens is 238 g/mol. The van der Waals surface area contributed by atoms with Crippen LogP contribution in [0.3, 0.4) is 0 Å². The molecule has 1 aromatic carbocycles. The first kappa shape index (κ1) is 13.9. The molecule has 3 nitrogen and oxygen atoms in total. The van der Waals surface area contributed by atoms with Gasteiger partial charge in [-0.2, -0.15) is 0 Å². The first-order valence-corrected chi connectivity index (χ1v) is 7.12. The van der Waals surface area contributed by atoms with Crippen molar-refractivity contribution in [3.05, 3.63) is 29.3 Å². The number of methoxy groups -OCH3 is 1. The monoisotopic (exact) mass is 261 g/mol. The molecule has 2 rings (SSSR count). The van der Waals surface area contributed by atoms with Crippen molar-refractivity contribution < 1.29 is 9.53 Å². The molecule has 0 atom stereocenters. The van der Waals surface area contributed by atoms with Gasteiger partial charge in [-0.3, -0.25) is 4.79 Å². The van der Waals surface area contributed by atoms with Crippen LogP contribution in [0, 0.1) is 6.92 Å².